The summed E-state index contributed by atoms with van der Waals surface area (Å²) >= 11 is 0. The van der Waals surface area contributed by atoms with Gasteiger partial charge in [-0.2, -0.15) is 0 Å². The van der Waals surface area contributed by atoms with E-state index in [1.54, 1.807) is 0 Å². The highest BCUT2D eigenvalue weighted by atomic mass is 16.5. The lowest BCUT2D eigenvalue weighted by Crippen LogP contribution is -2.48. The molecule has 0 aromatic carbocycles. The minimum absolute atomic E-state index is 0.169. The van der Waals surface area contributed by atoms with E-state index in [9.17, 15) is 4.79 Å². The summed E-state index contributed by atoms with van der Waals surface area (Å²) in [6.45, 7) is 8.79. The van der Waals surface area contributed by atoms with Gasteiger partial charge in [-0.25, -0.2) is 0 Å². The second-order valence-corrected chi connectivity index (χ2v) is 5.90. The molecule has 3 nitrogen and oxygen atoms in total. The molecule has 94 valence electrons. The van der Waals surface area contributed by atoms with Crippen molar-refractivity contribution in [1.29, 1.82) is 0 Å². The number of rotatable bonds is 3. The average molecular weight is 227 g/mol. The lowest BCUT2D eigenvalue weighted by molar-refractivity contribution is -0.143. The van der Waals surface area contributed by atoms with E-state index < -0.39 is 0 Å². The third kappa shape index (κ3) is 3.48. The Morgan fingerprint density at radius 3 is 2.62 bits per heavy atom. The van der Waals surface area contributed by atoms with E-state index in [1.807, 2.05) is 6.92 Å². The summed E-state index contributed by atoms with van der Waals surface area (Å²) in [7, 11) is 1.44. The smallest absolute Gasteiger partial charge is 0.322 e. The molecule has 0 radical (unpaired) electrons. The van der Waals surface area contributed by atoms with Gasteiger partial charge in [0, 0.05) is 6.04 Å². The number of hydrogen-bond donors (Lipinski definition) is 1. The van der Waals surface area contributed by atoms with Gasteiger partial charge in [-0.15, -0.1) is 0 Å². The van der Waals surface area contributed by atoms with Gasteiger partial charge >= 0.3 is 5.97 Å². The summed E-state index contributed by atoms with van der Waals surface area (Å²) in [5, 5.41) is 3.38. The van der Waals surface area contributed by atoms with Crippen LogP contribution in [0.1, 0.15) is 47.0 Å². The van der Waals surface area contributed by atoms with Crippen molar-refractivity contribution in [2.45, 2.75) is 59.0 Å². The van der Waals surface area contributed by atoms with Crippen LogP contribution in [0.15, 0.2) is 0 Å². The van der Waals surface area contributed by atoms with Gasteiger partial charge in [0.25, 0.3) is 0 Å². The Hall–Kier alpha value is -0.570. The fourth-order valence-electron chi connectivity index (χ4n) is 2.76. The molecule has 0 spiro atoms. The Balaban J connectivity index is 2.47. The van der Waals surface area contributed by atoms with Gasteiger partial charge < -0.3 is 10.1 Å². The van der Waals surface area contributed by atoms with Crippen molar-refractivity contribution in [3.63, 3.8) is 0 Å². The zero-order chi connectivity index (χ0) is 12.3. The van der Waals surface area contributed by atoms with Gasteiger partial charge in [0.2, 0.25) is 0 Å². The molecular formula is C13H25NO2. The molecule has 3 atom stereocenters. The molecule has 1 rings (SSSR count). The van der Waals surface area contributed by atoms with Crippen molar-refractivity contribution < 1.29 is 9.53 Å². The van der Waals surface area contributed by atoms with E-state index in [2.05, 4.69) is 26.1 Å². The second-order valence-electron chi connectivity index (χ2n) is 5.90. The molecule has 1 aliphatic carbocycles. The van der Waals surface area contributed by atoms with Crippen LogP contribution in [0, 0.1) is 11.3 Å². The Bertz CT molecular complexity index is 250. The highest BCUT2D eigenvalue weighted by Crippen LogP contribution is 2.38. The summed E-state index contributed by atoms with van der Waals surface area (Å²) in [5.41, 5.74) is 0.450. The number of ether oxygens (including phenoxy) is 1. The highest BCUT2D eigenvalue weighted by Gasteiger charge is 2.33. The van der Waals surface area contributed by atoms with Crippen molar-refractivity contribution in [3.8, 4) is 0 Å². The van der Waals surface area contributed by atoms with Gasteiger partial charge in [0.1, 0.15) is 6.04 Å². The molecule has 0 aliphatic heterocycles. The Kier molecular flexibility index (Phi) is 4.36. The molecule has 0 heterocycles. The SMILES string of the molecule is COC(=O)C(C)NC1CCC(C)(C)CC1C. The van der Waals surface area contributed by atoms with E-state index in [1.165, 1.54) is 20.0 Å². The first-order chi connectivity index (χ1) is 7.35. The number of carbonyl (C=O) groups is 1. The number of hydrogen-bond acceptors (Lipinski definition) is 3. The van der Waals surface area contributed by atoms with Crippen LogP contribution in [-0.4, -0.2) is 25.2 Å². The molecular weight excluding hydrogens is 202 g/mol. The van der Waals surface area contributed by atoms with Crippen molar-refractivity contribution in [2.75, 3.05) is 7.11 Å². The summed E-state index contributed by atoms with van der Waals surface area (Å²) < 4.78 is 4.73. The van der Waals surface area contributed by atoms with Crippen LogP contribution >= 0.6 is 0 Å². The lowest BCUT2D eigenvalue weighted by Gasteiger charge is -2.40. The fourth-order valence-corrected chi connectivity index (χ4v) is 2.76. The third-order valence-corrected chi connectivity index (χ3v) is 3.71. The molecule has 1 N–H and O–H groups in total. The molecule has 1 saturated carbocycles. The normalized spacial score (nSPS) is 30.8. The molecule has 0 amide bonds. The molecule has 0 saturated heterocycles. The third-order valence-electron chi connectivity index (χ3n) is 3.71. The first-order valence-corrected chi connectivity index (χ1v) is 6.19. The summed E-state index contributed by atoms with van der Waals surface area (Å²) in [6, 6.07) is 0.251. The van der Waals surface area contributed by atoms with Crippen LogP contribution in [0.2, 0.25) is 0 Å². The first kappa shape index (κ1) is 13.5. The minimum Gasteiger partial charge on any atom is -0.468 e. The van der Waals surface area contributed by atoms with Gasteiger partial charge in [-0.1, -0.05) is 20.8 Å². The molecule has 0 aromatic heterocycles. The average Bonchev–Trinajstić information content (AvgIpc) is 2.20. The minimum atomic E-state index is -0.196. The van der Waals surface area contributed by atoms with E-state index in [4.69, 9.17) is 4.74 Å². The zero-order valence-electron chi connectivity index (χ0n) is 11.2. The molecule has 1 aliphatic rings. The summed E-state index contributed by atoms with van der Waals surface area (Å²) in [6.07, 6.45) is 3.59. The monoisotopic (exact) mass is 227 g/mol. The fraction of sp³-hybridized carbons (Fsp3) is 0.923. The first-order valence-electron chi connectivity index (χ1n) is 6.19. The largest absolute Gasteiger partial charge is 0.468 e. The zero-order valence-corrected chi connectivity index (χ0v) is 11.2. The van der Waals surface area contributed by atoms with Crippen molar-refractivity contribution in [2.24, 2.45) is 11.3 Å². The maximum Gasteiger partial charge on any atom is 0.322 e. The van der Waals surface area contributed by atoms with Crippen LogP contribution < -0.4 is 5.32 Å². The topological polar surface area (TPSA) is 38.3 Å². The van der Waals surface area contributed by atoms with Gasteiger partial charge in [-0.05, 0) is 37.5 Å². The van der Waals surface area contributed by atoms with Crippen molar-refractivity contribution >= 4 is 5.97 Å². The molecule has 0 aromatic rings. The molecule has 3 heteroatoms. The van der Waals surface area contributed by atoms with Crippen LogP contribution in [0.3, 0.4) is 0 Å². The number of esters is 1. The van der Waals surface area contributed by atoms with Crippen LogP contribution in [-0.2, 0) is 9.53 Å². The summed E-state index contributed by atoms with van der Waals surface area (Å²) in [5.74, 6) is 0.452. The van der Waals surface area contributed by atoms with Crippen LogP contribution in [0.5, 0.6) is 0 Å². The predicted octanol–water partition coefficient (Wildman–Crippen LogP) is 2.35. The standard InChI is InChI=1S/C13H25NO2/c1-9-8-13(3,4)7-6-11(9)14-10(2)12(15)16-5/h9-11,14H,6-8H2,1-5H3. The van der Waals surface area contributed by atoms with Gasteiger partial charge in [0.15, 0.2) is 0 Å². The van der Waals surface area contributed by atoms with E-state index >= 15 is 0 Å². The maximum absolute atomic E-state index is 11.3. The molecule has 16 heavy (non-hydrogen) atoms. The molecule has 0 bridgehead atoms. The summed E-state index contributed by atoms with van der Waals surface area (Å²) in [4.78, 5) is 11.3. The lowest BCUT2D eigenvalue weighted by atomic mass is 9.70. The Morgan fingerprint density at radius 1 is 1.50 bits per heavy atom. The van der Waals surface area contributed by atoms with E-state index in [0.717, 1.165) is 6.42 Å². The quantitative estimate of drug-likeness (QED) is 0.752. The van der Waals surface area contributed by atoms with Gasteiger partial charge in [-0.3, -0.25) is 4.79 Å². The molecule has 3 unspecified atom stereocenters. The molecule has 1 fully saturated rings. The van der Waals surface area contributed by atoms with E-state index in [0.29, 0.717) is 17.4 Å². The van der Waals surface area contributed by atoms with Crippen molar-refractivity contribution in [1.82, 2.24) is 5.32 Å². The number of methoxy groups -OCH3 is 1. The van der Waals surface area contributed by atoms with Crippen LogP contribution in [0.25, 0.3) is 0 Å². The number of nitrogens with one attached hydrogen (secondary N) is 1. The Morgan fingerprint density at radius 2 is 2.12 bits per heavy atom. The Labute approximate surface area is 98.9 Å². The van der Waals surface area contributed by atoms with Crippen LogP contribution in [0.4, 0.5) is 0 Å². The number of carbonyl (C=O) groups excluding carboxylic acids is 1. The highest BCUT2D eigenvalue weighted by molar-refractivity contribution is 5.75. The second kappa shape index (κ2) is 5.17. The predicted molar refractivity (Wildman–Crippen MR) is 65.2 cm³/mol. The van der Waals surface area contributed by atoms with Gasteiger partial charge in [0.05, 0.1) is 7.11 Å². The van der Waals surface area contributed by atoms with Crippen molar-refractivity contribution in [3.05, 3.63) is 0 Å². The maximum atomic E-state index is 11.3. The van der Waals surface area contributed by atoms with E-state index in [-0.39, 0.29) is 12.0 Å².